The number of aromatic carboxylic acids is 1. The van der Waals surface area contributed by atoms with Gasteiger partial charge >= 0.3 is 5.97 Å². The SMILES string of the molecule is O=C(O)c1ccc(-c2nnc(-c3ccc4ccccc4n3)o2)cc1. The van der Waals surface area contributed by atoms with Crippen LogP contribution in [0.2, 0.25) is 0 Å². The van der Waals surface area contributed by atoms with Crippen LogP contribution in [0.1, 0.15) is 10.4 Å². The zero-order valence-electron chi connectivity index (χ0n) is 12.4. The molecule has 4 rings (SSSR count). The maximum atomic E-state index is 10.9. The number of carboxylic acid groups (broad SMARTS) is 1. The number of fused-ring (bicyclic) bond motifs is 1. The van der Waals surface area contributed by atoms with Gasteiger partial charge in [-0.25, -0.2) is 9.78 Å². The number of carboxylic acids is 1. The van der Waals surface area contributed by atoms with E-state index in [1.165, 1.54) is 12.1 Å². The molecule has 4 aromatic rings. The second-order valence-electron chi connectivity index (χ2n) is 5.18. The van der Waals surface area contributed by atoms with Crippen LogP contribution >= 0.6 is 0 Å². The van der Waals surface area contributed by atoms with Crippen LogP contribution in [0.5, 0.6) is 0 Å². The summed E-state index contributed by atoms with van der Waals surface area (Å²) in [4.78, 5) is 15.4. The maximum Gasteiger partial charge on any atom is 0.335 e. The first-order chi connectivity index (χ1) is 11.7. The summed E-state index contributed by atoms with van der Waals surface area (Å²) < 4.78 is 5.67. The number of hydrogen-bond donors (Lipinski definition) is 1. The quantitative estimate of drug-likeness (QED) is 0.620. The van der Waals surface area contributed by atoms with E-state index in [9.17, 15) is 4.79 Å². The molecule has 0 saturated carbocycles. The second kappa shape index (κ2) is 5.58. The van der Waals surface area contributed by atoms with Crippen LogP contribution in [0.4, 0.5) is 0 Å². The van der Waals surface area contributed by atoms with Gasteiger partial charge in [0.1, 0.15) is 5.69 Å². The van der Waals surface area contributed by atoms with Crippen molar-refractivity contribution in [3.05, 3.63) is 66.2 Å². The van der Waals surface area contributed by atoms with E-state index < -0.39 is 5.97 Å². The number of aromatic nitrogens is 3. The average Bonchev–Trinajstić information content (AvgIpc) is 3.11. The molecular weight excluding hydrogens is 306 g/mol. The predicted octanol–water partition coefficient (Wildman–Crippen LogP) is 3.65. The lowest BCUT2D eigenvalue weighted by atomic mass is 10.1. The van der Waals surface area contributed by atoms with E-state index in [2.05, 4.69) is 15.2 Å². The Morgan fingerprint density at radius 2 is 1.62 bits per heavy atom. The van der Waals surface area contributed by atoms with Gasteiger partial charge in [-0.1, -0.05) is 24.3 Å². The Morgan fingerprint density at radius 3 is 2.42 bits per heavy atom. The Morgan fingerprint density at radius 1 is 0.875 bits per heavy atom. The highest BCUT2D eigenvalue weighted by Gasteiger charge is 2.12. The molecule has 0 unspecified atom stereocenters. The molecule has 2 aromatic carbocycles. The normalized spacial score (nSPS) is 10.8. The first kappa shape index (κ1) is 14.1. The average molecular weight is 317 g/mol. The van der Waals surface area contributed by atoms with Crippen LogP contribution in [-0.2, 0) is 0 Å². The summed E-state index contributed by atoms with van der Waals surface area (Å²) in [5.74, 6) is -0.344. The minimum absolute atomic E-state index is 0.203. The molecule has 2 heterocycles. The fourth-order valence-electron chi connectivity index (χ4n) is 2.38. The number of hydrogen-bond acceptors (Lipinski definition) is 5. The summed E-state index contributed by atoms with van der Waals surface area (Å²) in [5, 5.41) is 18.0. The molecule has 6 heteroatoms. The van der Waals surface area contributed by atoms with Crippen LogP contribution in [0.25, 0.3) is 33.9 Å². The van der Waals surface area contributed by atoms with Crippen molar-refractivity contribution in [1.29, 1.82) is 0 Å². The Kier molecular flexibility index (Phi) is 3.28. The van der Waals surface area contributed by atoms with Gasteiger partial charge in [0.15, 0.2) is 0 Å². The van der Waals surface area contributed by atoms with E-state index in [-0.39, 0.29) is 5.56 Å². The fourth-order valence-corrected chi connectivity index (χ4v) is 2.38. The monoisotopic (exact) mass is 317 g/mol. The lowest BCUT2D eigenvalue weighted by Crippen LogP contribution is -1.94. The van der Waals surface area contributed by atoms with Gasteiger partial charge in [-0.2, -0.15) is 0 Å². The Labute approximate surface area is 136 Å². The number of para-hydroxylation sites is 1. The largest absolute Gasteiger partial charge is 0.478 e. The van der Waals surface area contributed by atoms with Crippen molar-refractivity contribution in [3.63, 3.8) is 0 Å². The van der Waals surface area contributed by atoms with E-state index in [0.29, 0.717) is 23.0 Å². The molecule has 0 radical (unpaired) electrons. The van der Waals surface area contributed by atoms with Crippen molar-refractivity contribution < 1.29 is 14.3 Å². The Bertz CT molecular complexity index is 1040. The lowest BCUT2D eigenvalue weighted by Gasteiger charge is -1.99. The third kappa shape index (κ3) is 2.50. The Balaban J connectivity index is 1.69. The summed E-state index contributed by atoms with van der Waals surface area (Å²) in [5.41, 5.74) is 2.30. The molecule has 116 valence electrons. The van der Waals surface area contributed by atoms with Crippen LogP contribution in [0, 0.1) is 0 Å². The highest BCUT2D eigenvalue weighted by Crippen LogP contribution is 2.24. The van der Waals surface area contributed by atoms with Crippen LogP contribution in [-0.4, -0.2) is 26.3 Å². The van der Waals surface area contributed by atoms with Gasteiger partial charge in [0.25, 0.3) is 5.89 Å². The fraction of sp³-hybridized carbons (Fsp3) is 0. The molecule has 2 aromatic heterocycles. The van der Waals surface area contributed by atoms with Crippen molar-refractivity contribution >= 4 is 16.9 Å². The number of benzene rings is 2. The lowest BCUT2D eigenvalue weighted by molar-refractivity contribution is 0.0697. The van der Waals surface area contributed by atoms with E-state index >= 15 is 0 Å². The van der Waals surface area contributed by atoms with E-state index in [1.807, 2.05) is 36.4 Å². The zero-order chi connectivity index (χ0) is 16.5. The van der Waals surface area contributed by atoms with Gasteiger partial charge in [0.2, 0.25) is 5.89 Å². The summed E-state index contributed by atoms with van der Waals surface area (Å²) in [6.45, 7) is 0. The third-order valence-electron chi connectivity index (χ3n) is 3.62. The van der Waals surface area contributed by atoms with Gasteiger partial charge in [-0.05, 0) is 36.4 Å². The van der Waals surface area contributed by atoms with Gasteiger partial charge in [-0.15, -0.1) is 10.2 Å². The predicted molar refractivity (Wildman–Crippen MR) is 87.4 cm³/mol. The summed E-state index contributed by atoms with van der Waals surface area (Å²) in [6.07, 6.45) is 0. The van der Waals surface area contributed by atoms with Gasteiger partial charge in [0.05, 0.1) is 11.1 Å². The first-order valence-corrected chi connectivity index (χ1v) is 7.24. The van der Waals surface area contributed by atoms with Crippen molar-refractivity contribution in [2.24, 2.45) is 0 Å². The molecule has 0 saturated heterocycles. The van der Waals surface area contributed by atoms with E-state index in [1.54, 1.807) is 12.1 Å². The van der Waals surface area contributed by atoms with Gasteiger partial charge in [-0.3, -0.25) is 0 Å². The van der Waals surface area contributed by atoms with Crippen LogP contribution in [0.15, 0.2) is 65.1 Å². The summed E-state index contributed by atoms with van der Waals surface area (Å²) in [6, 6.07) is 17.8. The number of carbonyl (C=O) groups is 1. The van der Waals surface area contributed by atoms with E-state index in [4.69, 9.17) is 9.52 Å². The second-order valence-corrected chi connectivity index (χ2v) is 5.18. The van der Waals surface area contributed by atoms with Crippen molar-refractivity contribution in [2.75, 3.05) is 0 Å². The number of nitrogens with zero attached hydrogens (tertiary/aromatic N) is 3. The zero-order valence-corrected chi connectivity index (χ0v) is 12.4. The highest BCUT2D eigenvalue weighted by atomic mass is 16.4. The Hall–Kier alpha value is -3.54. The number of rotatable bonds is 3. The molecule has 0 aliphatic heterocycles. The van der Waals surface area contributed by atoms with Crippen molar-refractivity contribution in [1.82, 2.24) is 15.2 Å². The molecule has 0 atom stereocenters. The summed E-state index contributed by atoms with van der Waals surface area (Å²) in [7, 11) is 0. The third-order valence-corrected chi connectivity index (χ3v) is 3.62. The first-order valence-electron chi connectivity index (χ1n) is 7.24. The molecule has 1 N–H and O–H groups in total. The van der Waals surface area contributed by atoms with Crippen molar-refractivity contribution in [3.8, 4) is 23.0 Å². The van der Waals surface area contributed by atoms with Crippen LogP contribution in [0.3, 0.4) is 0 Å². The molecule has 0 fully saturated rings. The molecule has 0 spiro atoms. The van der Waals surface area contributed by atoms with Gasteiger partial charge in [0, 0.05) is 10.9 Å². The molecule has 0 aliphatic rings. The molecular formula is C18H11N3O3. The highest BCUT2D eigenvalue weighted by molar-refractivity contribution is 5.88. The van der Waals surface area contributed by atoms with E-state index in [0.717, 1.165) is 10.9 Å². The van der Waals surface area contributed by atoms with Crippen molar-refractivity contribution in [2.45, 2.75) is 0 Å². The maximum absolute atomic E-state index is 10.9. The van der Waals surface area contributed by atoms with Crippen LogP contribution < -0.4 is 0 Å². The topological polar surface area (TPSA) is 89.1 Å². The standard InChI is InChI=1S/C18H11N3O3/c22-18(23)13-7-5-12(6-8-13)16-20-21-17(24-16)15-10-9-11-3-1-2-4-14(11)19-15/h1-10H,(H,22,23). The van der Waals surface area contributed by atoms with Gasteiger partial charge < -0.3 is 9.52 Å². The minimum Gasteiger partial charge on any atom is -0.478 e. The molecule has 0 bridgehead atoms. The minimum atomic E-state index is -0.979. The molecule has 0 amide bonds. The molecule has 6 nitrogen and oxygen atoms in total. The summed E-state index contributed by atoms with van der Waals surface area (Å²) >= 11 is 0. The smallest absolute Gasteiger partial charge is 0.335 e. The molecule has 0 aliphatic carbocycles. The number of pyridine rings is 1. The molecule has 24 heavy (non-hydrogen) atoms.